The SMILES string of the molecule is Cc1cc2cc(C(=O)NCc3cccc(O)c3)ccc2n1Cc1ccc(-c2ccccc2C(=O)O)cc1. The van der Waals surface area contributed by atoms with Crippen molar-refractivity contribution < 1.29 is 19.8 Å². The predicted molar refractivity (Wildman–Crippen MR) is 144 cm³/mol. The van der Waals surface area contributed by atoms with Crippen molar-refractivity contribution in [2.45, 2.75) is 20.0 Å². The van der Waals surface area contributed by atoms with Crippen LogP contribution in [0.15, 0.2) is 97.1 Å². The molecule has 6 nitrogen and oxygen atoms in total. The van der Waals surface area contributed by atoms with Crippen molar-refractivity contribution in [2.24, 2.45) is 0 Å². The van der Waals surface area contributed by atoms with Gasteiger partial charge in [-0.25, -0.2) is 4.79 Å². The molecule has 0 fully saturated rings. The monoisotopic (exact) mass is 490 g/mol. The first kappa shape index (κ1) is 23.9. The number of hydrogen-bond donors (Lipinski definition) is 3. The maximum absolute atomic E-state index is 12.7. The zero-order valence-electron chi connectivity index (χ0n) is 20.3. The lowest BCUT2D eigenvalue weighted by Crippen LogP contribution is -2.22. The first-order valence-corrected chi connectivity index (χ1v) is 12.0. The smallest absolute Gasteiger partial charge is 0.336 e. The number of carboxylic acid groups (broad SMARTS) is 1. The molecular weight excluding hydrogens is 464 g/mol. The lowest BCUT2D eigenvalue weighted by atomic mass is 9.99. The van der Waals surface area contributed by atoms with Gasteiger partial charge < -0.3 is 20.1 Å². The number of hydrogen-bond acceptors (Lipinski definition) is 3. The second kappa shape index (κ2) is 10.0. The number of aromatic nitrogens is 1. The van der Waals surface area contributed by atoms with Crippen molar-refractivity contribution in [1.82, 2.24) is 9.88 Å². The van der Waals surface area contributed by atoms with E-state index in [2.05, 4.69) is 16.0 Å². The van der Waals surface area contributed by atoms with Crippen LogP contribution in [0.3, 0.4) is 0 Å². The summed E-state index contributed by atoms with van der Waals surface area (Å²) in [6.45, 7) is 3.02. The lowest BCUT2D eigenvalue weighted by Gasteiger charge is -2.11. The van der Waals surface area contributed by atoms with E-state index >= 15 is 0 Å². The van der Waals surface area contributed by atoms with Gasteiger partial charge in [0, 0.05) is 35.2 Å². The quantitative estimate of drug-likeness (QED) is 0.261. The van der Waals surface area contributed by atoms with Crippen LogP contribution in [0.2, 0.25) is 0 Å². The van der Waals surface area contributed by atoms with Crippen molar-refractivity contribution in [3.8, 4) is 16.9 Å². The Balaban J connectivity index is 1.33. The number of carboxylic acids is 1. The van der Waals surface area contributed by atoms with Gasteiger partial charge in [-0.05, 0) is 71.6 Å². The maximum Gasteiger partial charge on any atom is 0.336 e. The fourth-order valence-electron chi connectivity index (χ4n) is 4.60. The Morgan fingerprint density at radius 1 is 0.838 bits per heavy atom. The molecule has 0 spiro atoms. The van der Waals surface area contributed by atoms with Gasteiger partial charge >= 0.3 is 5.97 Å². The van der Waals surface area contributed by atoms with Crippen LogP contribution < -0.4 is 5.32 Å². The maximum atomic E-state index is 12.7. The van der Waals surface area contributed by atoms with Gasteiger partial charge in [0.1, 0.15) is 5.75 Å². The van der Waals surface area contributed by atoms with Crippen LogP contribution in [-0.2, 0) is 13.1 Å². The molecule has 1 amide bonds. The number of amides is 1. The number of phenolic OH excluding ortho intramolecular Hbond substituents is 1. The zero-order valence-corrected chi connectivity index (χ0v) is 20.3. The molecule has 0 aliphatic heterocycles. The van der Waals surface area contributed by atoms with Crippen LogP contribution in [-0.4, -0.2) is 26.7 Å². The molecule has 0 radical (unpaired) electrons. The average molecular weight is 491 g/mol. The largest absolute Gasteiger partial charge is 0.508 e. The highest BCUT2D eigenvalue weighted by Gasteiger charge is 2.13. The topological polar surface area (TPSA) is 91.6 Å². The normalized spacial score (nSPS) is 10.9. The molecule has 6 heteroatoms. The number of aromatic hydroxyl groups is 1. The minimum atomic E-state index is -0.943. The lowest BCUT2D eigenvalue weighted by molar-refractivity contribution is 0.0697. The zero-order chi connectivity index (χ0) is 25.9. The van der Waals surface area contributed by atoms with Crippen LogP contribution in [0, 0.1) is 6.92 Å². The van der Waals surface area contributed by atoms with Gasteiger partial charge in [0.05, 0.1) is 5.56 Å². The van der Waals surface area contributed by atoms with E-state index in [0.29, 0.717) is 24.2 Å². The molecule has 0 atom stereocenters. The summed E-state index contributed by atoms with van der Waals surface area (Å²) in [5.74, 6) is -0.945. The number of rotatable bonds is 7. The molecule has 3 N–H and O–H groups in total. The van der Waals surface area contributed by atoms with Crippen molar-refractivity contribution in [3.63, 3.8) is 0 Å². The Hall–Kier alpha value is -4.84. The predicted octanol–water partition coefficient (Wildman–Crippen LogP) is 6.00. The van der Waals surface area contributed by atoms with Gasteiger partial charge in [-0.3, -0.25) is 4.79 Å². The minimum absolute atomic E-state index is 0.171. The van der Waals surface area contributed by atoms with Crippen LogP contribution in [0.5, 0.6) is 5.75 Å². The number of aromatic carboxylic acids is 1. The number of fused-ring (bicyclic) bond motifs is 1. The van der Waals surface area contributed by atoms with Gasteiger partial charge in [0.2, 0.25) is 0 Å². The molecule has 1 heterocycles. The molecule has 4 aromatic carbocycles. The summed E-state index contributed by atoms with van der Waals surface area (Å²) in [5.41, 5.74) is 6.43. The standard InChI is InChI=1S/C31H26N2O4/c1-20-15-25-17-24(30(35)32-18-22-5-4-6-26(34)16-22)13-14-29(25)33(20)19-21-9-11-23(12-10-21)27-7-2-3-8-28(27)31(36)37/h2-17,34H,18-19H2,1H3,(H,32,35)(H,36,37). The first-order chi connectivity index (χ1) is 17.9. The third kappa shape index (κ3) is 5.09. The number of nitrogens with one attached hydrogen (secondary N) is 1. The van der Waals surface area contributed by atoms with Crippen LogP contribution in [0.1, 0.15) is 37.5 Å². The number of carbonyl (C=O) groups is 2. The molecule has 0 aliphatic carbocycles. The van der Waals surface area contributed by atoms with Gasteiger partial charge in [-0.2, -0.15) is 0 Å². The van der Waals surface area contributed by atoms with E-state index in [4.69, 9.17) is 0 Å². The van der Waals surface area contributed by atoms with E-state index in [0.717, 1.165) is 33.3 Å². The minimum Gasteiger partial charge on any atom is -0.508 e. The second-order valence-electron chi connectivity index (χ2n) is 9.05. The number of aryl methyl sites for hydroxylation is 1. The third-order valence-electron chi connectivity index (χ3n) is 6.50. The van der Waals surface area contributed by atoms with Gasteiger partial charge in [-0.15, -0.1) is 0 Å². The summed E-state index contributed by atoms with van der Waals surface area (Å²) < 4.78 is 2.20. The highest BCUT2D eigenvalue weighted by atomic mass is 16.4. The summed E-state index contributed by atoms with van der Waals surface area (Å²) >= 11 is 0. The molecule has 37 heavy (non-hydrogen) atoms. The van der Waals surface area contributed by atoms with E-state index in [-0.39, 0.29) is 17.2 Å². The second-order valence-corrected chi connectivity index (χ2v) is 9.05. The summed E-state index contributed by atoms with van der Waals surface area (Å²) in [7, 11) is 0. The molecule has 0 saturated heterocycles. The summed E-state index contributed by atoms with van der Waals surface area (Å²) in [6.07, 6.45) is 0. The highest BCUT2D eigenvalue weighted by molar-refractivity contribution is 5.98. The first-order valence-electron chi connectivity index (χ1n) is 12.0. The van der Waals surface area contributed by atoms with E-state index in [1.165, 1.54) is 0 Å². The molecule has 184 valence electrons. The Morgan fingerprint density at radius 3 is 2.38 bits per heavy atom. The molecule has 0 bridgehead atoms. The number of benzene rings is 4. The van der Waals surface area contributed by atoms with Crippen LogP contribution in [0.4, 0.5) is 0 Å². The molecule has 0 unspecified atom stereocenters. The summed E-state index contributed by atoms with van der Waals surface area (Å²) in [4.78, 5) is 24.3. The molecular formula is C31H26N2O4. The van der Waals surface area contributed by atoms with Gasteiger partial charge in [0.25, 0.3) is 5.91 Å². The molecule has 0 saturated carbocycles. The Labute approximate surface area is 214 Å². The third-order valence-corrected chi connectivity index (χ3v) is 6.50. The van der Waals surface area contributed by atoms with Gasteiger partial charge in [0.15, 0.2) is 0 Å². The Morgan fingerprint density at radius 2 is 1.62 bits per heavy atom. The van der Waals surface area contributed by atoms with E-state index in [1.54, 1.807) is 30.3 Å². The Kier molecular flexibility index (Phi) is 6.47. The van der Waals surface area contributed by atoms with Crippen molar-refractivity contribution in [3.05, 3.63) is 125 Å². The van der Waals surface area contributed by atoms with Crippen molar-refractivity contribution in [2.75, 3.05) is 0 Å². The summed E-state index contributed by atoms with van der Waals surface area (Å²) in [5, 5.41) is 23.0. The summed E-state index contributed by atoms with van der Waals surface area (Å²) in [6, 6.07) is 29.5. The van der Waals surface area contributed by atoms with Crippen LogP contribution >= 0.6 is 0 Å². The molecule has 1 aromatic heterocycles. The average Bonchev–Trinajstić information content (AvgIpc) is 3.21. The van der Waals surface area contributed by atoms with Crippen LogP contribution in [0.25, 0.3) is 22.0 Å². The molecule has 0 aliphatic rings. The Bertz CT molecular complexity index is 1620. The number of carbonyl (C=O) groups excluding carboxylic acids is 1. The van der Waals surface area contributed by atoms with E-state index in [9.17, 15) is 19.8 Å². The fourth-order valence-corrected chi connectivity index (χ4v) is 4.60. The van der Waals surface area contributed by atoms with Gasteiger partial charge in [-0.1, -0.05) is 54.6 Å². The van der Waals surface area contributed by atoms with E-state index in [1.807, 2.05) is 67.6 Å². The number of phenols is 1. The fraction of sp³-hybridized carbons (Fsp3) is 0.0968. The number of nitrogens with zero attached hydrogens (tertiary/aromatic N) is 1. The highest BCUT2D eigenvalue weighted by Crippen LogP contribution is 2.26. The van der Waals surface area contributed by atoms with Crippen molar-refractivity contribution >= 4 is 22.8 Å². The van der Waals surface area contributed by atoms with Crippen molar-refractivity contribution in [1.29, 1.82) is 0 Å². The van der Waals surface area contributed by atoms with E-state index < -0.39 is 5.97 Å². The molecule has 5 aromatic rings. The molecule has 5 rings (SSSR count).